The minimum atomic E-state index is 0.0643. The zero-order chi connectivity index (χ0) is 15.0. The number of nitrogens with zero attached hydrogens (tertiary/aromatic N) is 2. The smallest absolute Gasteiger partial charge is 0.198 e. The van der Waals surface area contributed by atoms with Gasteiger partial charge in [-0.2, -0.15) is 0 Å². The second-order valence-electron chi connectivity index (χ2n) is 5.12. The Hall–Kier alpha value is -1.88. The van der Waals surface area contributed by atoms with E-state index in [1.54, 1.807) is 0 Å². The van der Waals surface area contributed by atoms with Crippen molar-refractivity contribution in [1.82, 2.24) is 14.5 Å². The second-order valence-corrected chi connectivity index (χ2v) is 6.03. The lowest BCUT2D eigenvalue weighted by Crippen LogP contribution is -2.12. The van der Waals surface area contributed by atoms with Crippen LogP contribution in [0.5, 0.6) is 0 Å². The fraction of sp³-hybridized carbons (Fsp3) is 0.250. The highest BCUT2D eigenvalue weighted by Gasteiger charge is 2.13. The molecule has 0 bridgehead atoms. The van der Waals surface area contributed by atoms with Gasteiger partial charge < -0.3 is 9.55 Å². The first kappa shape index (κ1) is 14.1. The van der Waals surface area contributed by atoms with E-state index in [4.69, 9.17) is 0 Å². The fourth-order valence-corrected chi connectivity index (χ4v) is 2.89. The van der Waals surface area contributed by atoms with Gasteiger partial charge >= 0.3 is 0 Å². The van der Waals surface area contributed by atoms with Crippen LogP contribution in [0.3, 0.4) is 0 Å². The van der Waals surface area contributed by atoms with Crippen molar-refractivity contribution >= 4 is 32.6 Å². The Kier molecular flexibility index (Phi) is 3.68. The molecule has 0 aliphatic heterocycles. The van der Waals surface area contributed by atoms with Crippen molar-refractivity contribution in [3.8, 4) is 0 Å². The molecule has 3 aromatic rings. The lowest BCUT2D eigenvalue weighted by molar-refractivity contribution is 0.0967. The summed E-state index contributed by atoms with van der Waals surface area (Å²) in [5.74, 6) is 1.01. The molecule has 5 heteroatoms. The van der Waals surface area contributed by atoms with E-state index in [9.17, 15) is 4.79 Å². The number of fused-ring (bicyclic) bond motifs is 1. The highest BCUT2D eigenvalue weighted by molar-refractivity contribution is 9.10. The van der Waals surface area contributed by atoms with Gasteiger partial charge in [-0.1, -0.05) is 22.9 Å². The van der Waals surface area contributed by atoms with Crippen LogP contribution in [-0.4, -0.2) is 20.3 Å². The first-order valence-electron chi connectivity index (χ1n) is 6.91. The van der Waals surface area contributed by atoms with Gasteiger partial charge in [0.05, 0.1) is 17.9 Å². The number of aromatic amines is 1. The van der Waals surface area contributed by atoms with Gasteiger partial charge in [-0.05, 0) is 31.2 Å². The van der Waals surface area contributed by atoms with Crippen LogP contribution in [0.1, 0.15) is 28.9 Å². The number of nitrogens with one attached hydrogen (secondary N) is 1. The number of rotatable bonds is 4. The van der Waals surface area contributed by atoms with Crippen molar-refractivity contribution in [2.75, 3.05) is 0 Å². The average molecular weight is 346 g/mol. The lowest BCUT2D eigenvalue weighted by Gasteiger charge is -2.04. The molecule has 2 aromatic heterocycles. The summed E-state index contributed by atoms with van der Waals surface area (Å²) in [4.78, 5) is 20.1. The lowest BCUT2D eigenvalue weighted by atomic mass is 10.2. The van der Waals surface area contributed by atoms with Gasteiger partial charge in [-0.25, -0.2) is 4.98 Å². The quantitative estimate of drug-likeness (QED) is 0.729. The highest BCUT2D eigenvalue weighted by Crippen LogP contribution is 2.21. The van der Waals surface area contributed by atoms with Crippen LogP contribution in [0.2, 0.25) is 0 Å². The molecule has 0 saturated heterocycles. The molecule has 0 aliphatic rings. The zero-order valence-corrected chi connectivity index (χ0v) is 13.6. The number of Topliss-reactive ketones (excluding diaryl/α,β-unsaturated/α-hetero) is 1. The monoisotopic (exact) mass is 345 g/mol. The van der Waals surface area contributed by atoms with Gasteiger partial charge in [-0.3, -0.25) is 4.79 Å². The fourth-order valence-electron chi connectivity index (χ4n) is 2.51. The number of hydrogen-bond donors (Lipinski definition) is 1. The van der Waals surface area contributed by atoms with Gasteiger partial charge in [-0.15, -0.1) is 0 Å². The predicted octanol–water partition coefficient (Wildman–Crippen LogP) is 3.88. The van der Waals surface area contributed by atoms with Crippen LogP contribution in [0, 0.1) is 6.92 Å². The molecule has 0 radical (unpaired) electrons. The normalized spacial score (nSPS) is 11.2. The third-order valence-corrected chi connectivity index (χ3v) is 3.99. The maximum Gasteiger partial charge on any atom is 0.198 e. The van der Waals surface area contributed by atoms with Crippen molar-refractivity contribution < 1.29 is 4.79 Å². The average Bonchev–Trinajstić information content (AvgIpc) is 3.01. The van der Waals surface area contributed by atoms with E-state index >= 15 is 0 Å². The highest BCUT2D eigenvalue weighted by atomic mass is 79.9. The largest absolute Gasteiger partial charge is 0.352 e. The first-order chi connectivity index (χ1) is 10.1. The molecule has 108 valence electrons. The minimum absolute atomic E-state index is 0.0643. The van der Waals surface area contributed by atoms with E-state index in [0.717, 1.165) is 33.3 Å². The summed E-state index contributed by atoms with van der Waals surface area (Å²) in [6.45, 7) is 4.31. The molecule has 0 atom stereocenters. The molecule has 21 heavy (non-hydrogen) atoms. The van der Waals surface area contributed by atoms with Gasteiger partial charge in [0, 0.05) is 28.0 Å². The molecular weight excluding hydrogens is 330 g/mol. The van der Waals surface area contributed by atoms with Crippen molar-refractivity contribution in [1.29, 1.82) is 0 Å². The molecule has 0 amide bonds. The third-order valence-electron chi connectivity index (χ3n) is 3.49. The number of hydrogen-bond acceptors (Lipinski definition) is 2. The summed E-state index contributed by atoms with van der Waals surface area (Å²) in [7, 11) is 0. The van der Waals surface area contributed by atoms with Crippen LogP contribution in [0.25, 0.3) is 10.9 Å². The van der Waals surface area contributed by atoms with E-state index in [-0.39, 0.29) is 5.78 Å². The summed E-state index contributed by atoms with van der Waals surface area (Å²) in [5, 5.41) is 1.03. The molecular formula is C16H16BrN3O. The Morgan fingerprint density at radius 3 is 2.95 bits per heavy atom. The van der Waals surface area contributed by atoms with Gasteiger partial charge in [0.1, 0.15) is 5.82 Å². The predicted molar refractivity (Wildman–Crippen MR) is 86.7 cm³/mol. The Morgan fingerprint density at radius 1 is 1.38 bits per heavy atom. The first-order valence-corrected chi connectivity index (χ1v) is 7.70. The van der Waals surface area contributed by atoms with Gasteiger partial charge in [0.15, 0.2) is 5.78 Å². The molecule has 1 aromatic carbocycles. The number of halogens is 1. The number of carbonyl (C=O) groups excluding carboxylic acids is 1. The van der Waals surface area contributed by atoms with Gasteiger partial charge in [0.2, 0.25) is 0 Å². The molecule has 0 unspecified atom stereocenters. The van der Waals surface area contributed by atoms with E-state index in [0.29, 0.717) is 12.2 Å². The molecule has 3 rings (SSSR count). The number of aryl methyl sites for hydroxylation is 2. The maximum absolute atomic E-state index is 12.5. The van der Waals surface area contributed by atoms with Crippen LogP contribution >= 0.6 is 15.9 Å². The molecule has 0 spiro atoms. The summed E-state index contributed by atoms with van der Waals surface area (Å²) < 4.78 is 2.94. The molecule has 0 fully saturated rings. The molecule has 0 saturated carbocycles. The molecule has 4 nitrogen and oxygen atoms in total. The number of ketones is 1. The molecule has 0 aliphatic carbocycles. The Balaban J connectivity index is 1.89. The number of H-pyrrole nitrogens is 1. The van der Waals surface area contributed by atoms with Crippen LogP contribution in [-0.2, 0) is 13.0 Å². The van der Waals surface area contributed by atoms with E-state index < -0.39 is 0 Å². The topological polar surface area (TPSA) is 50.7 Å². The summed E-state index contributed by atoms with van der Waals surface area (Å²) in [6, 6.07) is 7.83. The van der Waals surface area contributed by atoms with Crippen molar-refractivity contribution in [2.45, 2.75) is 26.8 Å². The summed E-state index contributed by atoms with van der Waals surface area (Å²) in [5.41, 5.74) is 2.55. The number of aromatic nitrogens is 3. The minimum Gasteiger partial charge on any atom is -0.352 e. The number of benzene rings is 1. The van der Waals surface area contributed by atoms with Crippen LogP contribution in [0.4, 0.5) is 0 Å². The maximum atomic E-state index is 12.5. The number of carbonyl (C=O) groups is 1. The van der Waals surface area contributed by atoms with Gasteiger partial charge in [0.25, 0.3) is 0 Å². The van der Waals surface area contributed by atoms with Crippen LogP contribution < -0.4 is 0 Å². The second kappa shape index (κ2) is 5.48. The molecule has 2 heterocycles. The summed E-state index contributed by atoms with van der Waals surface area (Å²) in [6.07, 6.45) is 2.75. The Bertz CT molecular complexity index is 816. The Morgan fingerprint density at radius 2 is 2.19 bits per heavy atom. The zero-order valence-electron chi connectivity index (χ0n) is 12.0. The summed E-state index contributed by atoms with van der Waals surface area (Å²) >= 11 is 3.44. The third kappa shape index (κ3) is 2.78. The van der Waals surface area contributed by atoms with E-state index in [1.807, 2.05) is 48.9 Å². The number of imidazole rings is 1. The molecule has 1 N–H and O–H groups in total. The van der Waals surface area contributed by atoms with Crippen LogP contribution in [0.15, 0.2) is 34.9 Å². The standard InChI is InChI=1S/C16H16BrN3O/c1-3-16-18-10(2)8-20(16)9-15(21)14-7-11-6-12(17)4-5-13(11)19-14/h4-8,19H,3,9H2,1-2H3. The van der Waals surface area contributed by atoms with Crippen molar-refractivity contribution in [3.05, 3.63) is 52.1 Å². The van der Waals surface area contributed by atoms with Crippen molar-refractivity contribution in [3.63, 3.8) is 0 Å². The van der Waals surface area contributed by atoms with E-state index in [2.05, 4.69) is 25.9 Å². The Labute approximate surface area is 131 Å². The van der Waals surface area contributed by atoms with Crippen molar-refractivity contribution in [2.24, 2.45) is 0 Å². The van der Waals surface area contributed by atoms with E-state index in [1.165, 1.54) is 0 Å². The SMILES string of the molecule is CCc1nc(C)cn1CC(=O)c1cc2cc(Br)ccc2[nH]1.